The molecule has 1 N–H and O–H groups in total. The lowest BCUT2D eigenvalue weighted by atomic mass is 9.88. The van der Waals surface area contributed by atoms with Gasteiger partial charge < -0.3 is 5.32 Å². The maximum Gasteiger partial charge on any atom is 0.255 e. The van der Waals surface area contributed by atoms with E-state index >= 15 is 0 Å². The fourth-order valence-electron chi connectivity index (χ4n) is 2.06. The van der Waals surface area contributed by atoms with Gasteiger partial charge in [0.05, 0.1) is 0 Å². The fourth-order valence-corrected chi connectivity index (χ4v) is 2.06. The van der Waals surface area contributed by atoms with Gasteiger partial charge in [0.2, 0.25) is 0 Å². The number of amides is 1. The first kappa shape index (κ1) is 13.5. The molecular weight excluding hydrogens is 236 g/mol. The van der Waals surface area contributed by atoms with Crippen LogP contribution in [0.2, 0.25) is 0 Å². The summed E-state index contributed by atoms with van der Waals surface area (Å²) in [5.74, 6) is -0.0649. The second-order valence-electron chi connectivity index (χ2n) is 5.68. The number of allylic oxidation sites excluding steroid dienone is 4. The molecule has 3 nitrogen and oxygen atoms in total. The standard InChI is InChI=1S/C16H20N2O/c1-12-11-13(7-10-17-12)15(19)18-14-5-4-8-16(2,3)9-6-14/h4-5,7-8,10-11H,6,9H2,1-3H3,(H,18,19). The lowest BCUT2D eigenvalue weighted by molar-refractivity contribution is 0.0964. The Bertz CT molecular complexity index is 541. The highest BCUT2D eigenvalue weighted by molar-refractivity contribution is 5.95. The molecule has 0 aliphatic heterocycles. The lowest BCUT2D eigenvalue weighted by Gasteiger charge is -2.18. The van der Waals surface area contributed by atoms with Crippen molar-refractivity contribution < 1.29 is 4.79 Å². The quantitative estimate of drug-likeness (QED) is 0.881. The van der Waals surface area contributed by atoms with E-state index in [0.29, 0.717) is 5.56 Å². The Morgan fingerprint density at radius 3 is 2.95 bits per heavy atom. The number of hydrogen-bond acceptors (Lipinski definition) is 2. The van der Waals surface area contributed by atoms with Gasteiger partial charge in [-0.05, 0) is 43.4 Å². The molecule has 19 heavy (non-hydrogen) atoms. The van der Waals surface area contributed by atoms with Gasteiger partial charge in [0, 0.05) is 23.2 Å². The van der Waals surface area contributed by atoms with E-state index < -0.39 is 0 Å². The molecule has 0 atom stereocenters. The Hall–Kier alpha value is -1.90. The normalized spacial score (nSPS) is 17.5. The predicted molar refractivity (Wildman–Crippen MR) is 76.7 cm³/mol. The maximum absolute atomic E-state index is 12.1. The number of aryl methyl sites for hydroxylation is 1. The van der Waals surface area contributed by atoms with Gasteiger partial charge in [-0.1, -0.05) is 26.0 Å². The first-order valence-electron chi connectivity index (χ1n) is 6.59. The monoisotopic (exact) mass is 256 g/mol. The third kappa shape index (κ3) is 3.78. The molecule has 0 spiro atoms. The Labute approximate surface area is 114 Å². The number of hydrogen-bond donors (Lipinski definition) is 1. The first-order valence-corrected chi connectivity index (χ1v) is 6.59. The molecule has 1 amide bonds. The minimum atomic E-state index is -0.0649. The van der Waals surface area contributed by atoms with Gasteiger partial charge in [0.15, 0.2) is 0 Å². The van der Waals surface area contributed by atoms with Gasteiger partial charge in [0.1, 0.15) is 0 Å². The van der Waals surface area contributed by atoms with Crippen LogP contribution in [0.4, 0.5) is 0 Å². The number of pyridine rings is 1. The van der Waals surface area contributed by atoms with Crippen LogP contribution in [0, 0.1) is 12.3 Å². The zero-order valence-corrected chi connectivity index (χ0v) is 11.7. The van der Waals surface area contributed by atoms with Crippen molar-refractivity contribution in [2.75, 3.05) is 0 Å². The molecule has 0 unspecified atom stereocenters. The molecule has 1 aliphatic carbocycles. The van der Waals surface area contributed by atoms with Gasteiger partial charge in [0.25, 0.3) is 5.91 Å². The number of carbonyl (C=O) groups excluding carboxylic acids is 1. The van der Waals surface area contributed by atoms with Crippen molar-refractivity contribution >= 4 is 5.91 Å². The summed E-state index contributed by atoms with van der Waals surface area (Å²) in [6.07, 6.45) is 9.78. The molecule has 0 saturated heterocycles. The molecule has 1 aromatic rings. The summed E-state index contributed by atoms with van der Waals surface area (Å²) in [6, 6.07) is 3.53. The highest BCUT2D eigenvalue weighted by Gasteiger charge is 2.17. The van der Waals surface area contributed by atoms with E-state index in [0.717, 1.165) is 24.2 Å². The average molecular weight is 256 g/mol. The van der Waals surface area contributed by atoms with E-state index in [1.807, 2.05) is 19.1 Å². The summed E-state index contributed by atoms with van der Waals surface area (Å²) < 4.78 is 0. The summed E-state index contributed by atoms with van der Waals surface area (Å²) in [5, 5.41) is 2.98. The van der Waals surface area contributed by atoms with Crippen molar-refractivity contribution in [2.45, 2.75) is 33.6 Å². The van der Waals surface area contributed by atoms with Crippen LogP contribution in [-0.4, -0.2) is 10.9 Å². The molecule has 0 radical (unpaired) electrons. The van der Waals surface area contributed by atoms with Gasteiger partial charge in [-0.15, -0.1) is 0 Å². The molecule has 0 fully saturated rings. The molecule has 1 aliphatic rings. The number of carbonyl (C=O) groups is 1. The van der Waals surface area contributed by atoms with E-state index in [1.54, 1.807) is 18.3 Å². The molecule has 0 saturated carbocycles. The molecule has 0 bridgehead atoms. The van der Waals surface area contributed by atoms with Gasteiger partial charge in [-0.2, -0.15) is 0 Å². The van der Waals surface area contributed by atoms with Crippen molar-refractivity contribution in [2.24, 2.45) is 5.41 Å². The number of nitrogens with one attached hydrogen (secondary N) is 1. The SMILES string of the molecule is Cc1cc(C(=O)NC2=CC=CC(C)(C)CC2)ccn1. The third-order valence-corrected chi connectivity index (χ3v) is 3.32. The summed E-state index contributed by atoms with van der Waals surface area (Å²) in [6.45, 7) is 6.29. The minimum Gasteiger partial charge on any atom is -0.326 e. The number of rotatable bonds is 2. The van der Waals surface area contributed by atoms with Crippen molar-refractivity contribution in [3.05, 3.63) is 53.5 Å². The van der Waals surface area contributed by atoms with E-state index in [2.05, 4.69) is 30.2 Å². The van der Waals surface area contributed by atoms with Crippen LogP contribution < -0.4 is 5.32 Å². The Morgan fingerprint density at radius 1 is 1.42 bits per heavy atom. The van der Waals surface area contributed by atoms with Crippen molar-refractivity contribution in [1.29, 1.82) is 0 Å². The third-order valence-electron chi connectivity index (χ3n) is 3.32. The Morgan fingerprint density at radius 2 is 2.21 bits per heavy atom. The van der Waals surface area contributed by atoms with E-state index in [9.17, 15) is 4.79 Å². The lowest BCUT2D eigenvalue weighted by Crippen LogP contribution is -2.23. The molecule has 1 aromatic heterocycles. The van der Waals surface area contributed by atoms with Gasteiger partial charge in [-0.25, -0.2) is 0 Å². The van der Waals surface area contributed by atoms with Crippen molar-refractivity contribution in [1.82, 2.24) is 10.3 Å². The Kier molecular flexibility index (Phi) is 3.84. The maximum atomic E-state index is 12.1. The van der Waals surface area contributed by atoms with Crippen LogP contribution in [0.25, 0.3) is 0 Å². The van der Waals surface area contributed by atoms with Crippen LogP contribution in [0.5, 0.6) is 0 Å². The van der Waals surface area contributed by atoms with Gasteiger partial charge >= 0.3 is 0 Å². The fraction of sp³-hybridized carbons (Fsp3) is 0.375. The molecule has 0 aromatic carbocycles. The minimum absolute atomic E-state index is 0.0649. The van der Waals surface area contributed by atoms with Crippen LogP contribution in [0.15, 0.2) is 42.3 Å². The van der Waals surface area contributed by atoms with Gasteiger partial charge in [-0.3, -0.25) is 9.78 Å². The molecule has 100 valence electrons. The second kappa shape index (κ2) is 5.39. The zero-order valence-electron chi connectivity index (χ0n) is 11.7. The molecule has 3 heteroatoms. The van der Waals surface area contributed by atoms with Crippen LogP contribution in [-0.2, 0) is 0 Å². The van der Waals surface area contributed by atoms with Crippen LogP contribution in [0.3, 0.4) is 0 Å². The smallest absolute Gasteiger partial charge is 0.255 e. The highest BCUT2D eigenvalue weighted by atomic mass is 16.1. The molecular formula is C16H20N2O. The summed E-state index contributed by atoms with van der Waals surface area (Å²) in [5.41, 5.74) is 2.67. The highest BCUT2D eigenvalue weighted by Crippen LogP contribution is 2.28. The van der Waals surface area contributed by atoms with Crippen molar-refractivity contribution in [3.63, 3.8) is 0 Å². The number of aromatic nitrogens is 1. The number of nitrogens with zero attached hydrogens (tertiary/aromatic N) is 1. The van der Waals surface area contributed by atoms with Crippen molar-refractivity contribution in [3.8, 4) is 0 Å². The summed E-state index contributed by atoms with van der Waals surface area (Å²) >= 11 is 0. The molecule has 2 rings (SSSR count). The first-order chi connectivity index (χ1) is 8.96. The van der Waals surface area contributed by atoms with Crippen LogP contribution >= 0.6 is 0 Å². The average Bonchev–Trinajstić information content (AvgIpc) is 2.51. The summed E-state index contributed by atoms with van der Waals surface area (Å²) in [4.78, 5) is 16.2. The largest absolute Gasteiger partial charge is 0.326 e. The van der Waals surface area contributed by atoms with E-state index in [1.165, 1.54) is 0 Å². The van der Waals surface area contributed by atoms with E-state index in [4.69, 9.17) is 0 Å². The second-order valence-corrected chi connectivity index (χ2v) is 5.68. The molecule has 1 heterocycles. The topological polar surface area (TPSA) is 42.0 Å². The predicted octanol–water partition coefficient (Wildman–Crippen LogP) is 3.38. The van der Waals surface area contributed by atoms with E-state index in [-0.39, 0.29) is 11.3 Å². The Balaban J connectivity index is 2.04. The summed E-state index contributed by atoms with van der Waals surface area (Å²) in [7, 11) is 0. The van der Waals surface area contributed by atoms with Crippen LogP contribution in [0.1, 0.15) is 42.7 Å². The zero-order chi connectivity index (χ0) is 13.9.